The highest BCUT2D eigenvalue weighted by Gasteiger charge is 2.40. The third-order valence-electron chi connectivity index (χ3n) is 5.62. The minimum atomic E-state index is -0.148. The molecule has 3 N–H and O–H groups in total. The quantitative estimate of drug-likeness (QED) is 0.640. The van der Waals surface area contributed by atoms with E-state index >= 15 is 0 Å². The van der Waals surface area contributed by atoms with E-state index in [9.17, 15) is 0 Å². The number of hydrazine groups is 1. The third-order valence-corrected chi connectivity index (χ3v) is 5.62. The van der Waals surface area contributed by atoms with Crippen molar-refractivity contribution in [1.82, 2.24) is 5.43 Å². The summed E-state index contributed by atoms with van der Waals surface area (Å²) in [6.07, 6.45) is 9.99. The number of benzene rings is 1. The Kier molecular flexibility index (Phi) is 4.63. The predicted octanol–water partition coefficient (Wildman–Crippen LogP) is 3.81. The molecule has 2 fully saturated rings. The van der Waals surface area contributed by atoms with Gasteiger partial charge in [0.2, 0.25) is 0 Å². The molecule has 1 aromatic carbocycles. The molecule has 1 aromatic rings. The van der Waals surface area contributed by atoms with Crippen LogP contribution >= 0.6 is 0 Å². The smallest absolute Gasteiger partial charge is 0.0885 e. The summed E-state index contributed by atoms with van der Waals surface area (Å²) in [5.74, 6) is 6.70. The van der Waals surface area contributed by atoms with Crippen molar-refractivity contribution < 1.29 is 4.74 Å². The van der Waals surface area contributed by atoms with E-state index < -0.39 is 0 Å². The second kappa shape index (κ2) is 6.47. The van der Waals surface area contributed by atoms with E-state index in [1.54, 1.807) is 0 Å². The molecule has 3 heteroatoms. The highest BCUT2D eigenvalue weighted by Crippen LogP contribution is 2.42. The molecule has 2 aliphatic rings. The fourth-order valence-corrected chi connectivity index (χ4v) is 4.05. The standard InChI is InChI=1S/C18H28N2O/c1-21-18(11-3-2-4-12-18)17(20-19)16-10-6-9-15(13-16)14-7-5-8-14/h6,9-10,13-14,17,20H,2-5,7-8,11-12,19H2,1H3. The number of rotatable bonds is 5. The van der Waals surface area contributed by atoms with Crippen LogP contribution in [0.15, 0.2) is 24.3 Å². The van der Waals surface area contributed by atoms with Crippen molar-refractivity contribution in [2.24, 2.45) is 5.84 Å². The summed E-state index contributed by atoms with van der Waals surface area (Å²) in [5, 5.41) is 0. The summed E-state index contributed by atoms with van der Waals surface area (Å²) in [6, 6.07) is 9.08. The number of ether oxygens (including phenoxy) is 1. The van der Waals surface area contributed by atoms with Crippen molar-refractivity contribution >= 4 is 0 Å². The monoisotopic (exact) mass is 288 g/mol. The molecular weight excluding hydrogens is 260 g/mol. The van der Waals surface area contributed by atoms with Gasteiger partial charge in [-0.25, -0.2) is 0 Å². The lowest BCUT2D eigenvalue weighted by atomic mass is 9.75. The molecule has 3 nitrogen and oxygen atoms in total. The van der Waals surface area contributed by atoms with Crippen LogP contribution in [0, 0.1) is 0 Å². The normalized spacial score (nSPS) is 23.5. The number of nitrogens with one attached hydrogen (secondary N) is 1. The summed E-state index contributed by atoms with van der Waals surface area (Å²) in [6.45, 7) is 0. The van der Waals surface area contributed by atoms with Crippen molar-refractivity contribution in [1.29, 1.82) is 0 Å². The van der Waals surface area contributed by atoms with Gasteiger partial charge >= 0.3 is 0 Å². The first-order chi connectivity index (χ1) is 10.3. The van der Waals surface area contributed by atoms with Crippen LogP contribution in [0.25, 0.3) is 0 Å². The first-order valence-corrected chi connectivity index (χ1v) is 8.40. The Labute approximate surface area is 128 Å². The molecule has 1 unspecified atom stereocenters. The molecule has 3 rings (SSSR count). The number of nitrogens with two attached hydrogens (primary N) is 1. The van der Waals surface area contributed by atoms with E-state index in [-0.39, 0.29) is 11.6 Å². The van der Waals surface area contributed by atoms with Crippen molar-refractivity contribution in [3.63, 3.8) is 0 Å². The minimum absolute atomic E-state index is 0.0860. The van der Waals surface area contributed by atoms with Gasteiger partial charge in [0.25, 0.3) is 0 Å². The maximum absolute atomic E-state index is 5.98. The fourth-order valence-electron chi connectivity index (χ4n) is 4.05. The van der Waals surface area contributed by atoms with Crippen LogP contribution in [0.1, 0.15) is 74.5 Å². The lowest BCUT2D eigenvalue weighted by molar-refractivity contribution is -0.0688. The van der Waals surface area contributed by atoms with E-state index in [0.29, 0.717) is 0 Å². The van der Waals surface area contributed by atoms with Crippen molar-refractivity contribution in [3.05, 3.63) is 35.4 Å². The maximum Gasteiger partial charge on any atom is 0.0885 e. The third kappa shape index (κ3) is 2.87. The van der Waals surface area contributed by atoms with Crippen molar-refractivity contribution in [2.45, 2.75) is 68.9 Å². The van der Waals surface area contributed by atoms with E-state index in [0.717, 1.165) is 18.8 Å². The number of hydrogen-bond acceptors (Lipinski definition) is 3. The molecular formula is C18H28N2O. The molecule has 0 spiro atoms. The average Bonchev–Trinajstić information content (AvgIpc) is 2.48. The molecule has 0 aromatic heterocycles. The summed E-state index contributed by atoms with van der Waals surface area (Å²) < 4.78 is 5.98. The van der Waals surface area contributed by atoms with E-state index in [1.807, 2.05) is 7.11 Å². The Hall–Kier alpha value is -0.900. The molecule has 0 heterocycles. The molecule has 0 bridgehead atoms. The van der Waals surface area contributed by atoms with Gasteiger partial charge < -0.3 is 4.74 Å². The lowest BCUT2D eigenvalue weighted by Crippen LogP contribution is -2.49. The van der Waals surface area contributed by atoms with Crippen LogP contribution in [0.4, 0.5) is 0 Å². The molecule has 0 aliphatic heterocycles. The second-order valence-corrected chi connectivity index (χ2v) is 6.73. The van der Waals surface area contributed by atoms with Crippen LogP contribution in [-0.4, -0.2) is 12.7 Å². The van der Waals surface area contributed by atoms with Gasteiger partial charge in [-0.2, -0.15) is 0 Å². The van der Waals surface area contributed by atoms with E-state index in [4.69, 9.17) is 10.6 Å². The number of hydrogen-bond donors (Lipinski definition) is 2. The van der Waals surface area contributed by atoms with Gasteiger partial charge in [0.15, 0.2) is 0 Å². The van der Waals surface area contributed by atoms with Gasteiger partial charge in [-0.3, -0.25) is 11.3 Å². The Bertz CT molecular complexity index is 464. The van der Waals surface area contributed by atoms with E-state index in [2.05, 4.69) is 29.7 Å². The Morgan fingerprint density at radius 3 is 2.52 bits per heavy atom. The zero-order valence-corrected chi connectivity index (χ0v) is 13.1. The minimum Gasteiger partial charge on any atom is -0.376 e. The zero-order valence-electron chi connectivity index (χ0n) is 13.1. The van der Waals surface area contributed by atoms with Crippen molar-refractivity contribution in [3.8, 4) is 0 Å². The van der Waals surface area contributed by atoms with Gasteiger partial charge in [0.1, 0.15) is 0 Å². The summed E-state index contributed by atoms with van der Waals surface area (Å²) in [4.78, 5) is 0. The van der Waals surface area contributed by atoms with Gasteiger partial charge in [0, 0.05) is 7.11 Å². The molecule has 21 heavy (non-hydrogen) atoms. The second-order valence-electron chi connectivity index (χ2n) is 6.73. The summed E-state index contributed by atoms with van der Waals surface area (Å²) in [5.41, 5.74) is 5.67. The molecule has 0 saturated heterocycles. The van der Waals surface area contributed by atoms with Crippen LogP contribution in [-0.2, 0) is 4.74 Å². The molecule has 116 valence electrons. The SMILES string of the molecule is COC1(C(NN)c2cccc(C3CCC3)c2)CCCCC1. The summed E-state index contributed by atoms with van der Waals surface area (Å²) >= 11 is 0. The van der Waals surface area contributed by atoms with E-state index in [1.165, 1.54) is 49.7 Å². The van der Waals surface area contributed by atoms with Crippen molar-refractivity contribution in [2.75, 3.05) is 7.11 Å². The topological polar surface area (TPSA) is 47.3 Å². The molecule has 2 saturated carbocycles. The van der Waals surface area contributed by atoms with Gasteiger partial charge in [-0.05, 0) is 42.7 Å². The first-order valence-electron chi connectivity index (χ1n) is 8.40. The highest BCUT2D eigenvalue weighted by atomic mass is 16.5. The molecule has 0 amide bonds. The maximum atomic E-state index is 5.98. The first kappa shape index (κ1) is 15.0. The van der Waals surface area contributed by atoms with Gasteiger partial charge in [-0.15, -0.1) is 0 Å². The van der Waals surface area contributed by atoms with Crippen LogP contribution in [0.3, 0.4) is 0 Å². The largest absolute Gasteiger partial charge is 0.376 e. The Morgan fingerprint density at radius 1 is 1.19 bits per heavy atom. The summed E-state index contributed by atoms with van der Waals surface area (Å²) in [7, 11) is 1.84. The Balaban J connectivity index is 1.87. The Morgan fingerprint density at radius 2 is 1.95 bits per heavy atom. The molecule has 1 atom stereocenters. The fraction of sp³-hybridized carbons (Fsp3) is 0.667. The molecule has 0 radical (unpaired) electrons. The molecule has 2 aliphatic carbocycles. The zero-order chi connectivity index (χ0) is 14.7. The highest BCUT2D eigenvalue weighted by molar-refractivity contribution is 5.31. The van der Waals surface area contributed by atoms with Gasteiger partial charge in [-0.1, -0.05) is 49.9 Å². The van der Waals surface area contributed by atoms with Crippen LogP contribution in [0.5, 0.6) is 0 Å². The van der Waals surface area contributed by atoms with Crippen LogP contribution in [0.2, 0.25) is 0 Å². The lowest BCUT2D eigenvalue weighted by Gasteiger charge is -2.42. The van der Waals surface area contributed by atoms with Gasteiger partial charge in [0.05, 0.1) is 11.6 Å². The van der Waals surface area contributed by atoms with Crippen LogP contribution < -0.4 is 11.3 Å². The predicted molar refractivity (Wildman–Crippen MR) is 85.9 cm³/mol. The number of methoxy groups -OCH3 is 1. The average molecular weight is 288 g/mol.